The Morgan fingerprint density at radius 2 is 2.00 bits per heavy atom. The summed E-state index contributed by atoms with van der Waals surface area (Å²) in [5, 5.41) is 11.2. The summed E-state index contributed by atoms with van der Waals surface area (Å²) in [6.07, 6.45) is 0. The molecule has 0 bridgehead atoms. The van der Waals surface area contributed by atoms with Crippen molar-refractivity contribution in [2.24, 2.45) is 0 Å². The van der Waals surface area contributed by atoms with Crippen molar-refractivity contribution >= 4 is 11.6 Å². The first kappa shape index (κ1) is 13.7. The van der Waals surface area contributed by atoms with Crippen molar-refractivity contribution in [1.29, 1.82) is 0 Å². The lowest BCUT2D eigenvalue weighted by Crippen LogP contribution is -2.05. The monoisotopic (exact) mass is 274 g/mol. The molecule has 0 fully saturated rings. The molecular formula is C13H14N4O3. The van der Waals surface area contributed by atoms with Crippen LogP contribution in [0.25, 0.3) is 11.3 Å². The third-order valence-corrected chi connectivity index (χ3v) is 2.95. The van der Waals surface area contributed by atoms with E-state index < -0.39 is 4.92 Å². The van der Waals surface area contributed by atoms with E-state index in [1.165, 1.54) is 0 Å². The van der Waals surface area contributed by atoms with E-state index in [0.29, 0.717) is 11.3 Å². The van der Waals surface area contributed by atoms with Crippen LogP contribution in [0.4, 0.5) is 11.6 Å². The van der Waals surface area contributed by atoms with Crippen molar-refractivity contribution in [3.63, 3.8) is 0 Å². The average molecular weight is 274 g/mol. The highest BCUT2D eigenvalue weighted by atomic mass is 16.6. The minimum absolute atomic E-state index is 0.0123. The molecular weight excluding hydrogens is 260 g/mol. The number of benzene rings is 1. The van der Waals surface area contributed by atoms with Gasteiger partial charge < -0.3 is 10.5 Å². The Morgan fingerprint density at radius 3 is 2.55 bits per heavy atom. The lowest BCUT2D eigenvalue weighted by molar-refractivity contribution is -0.385. The lowest BCUT2D eigenvalue weighted by atomic mass is 10.0. The van der Waals surface area contributed by atoms with E-state index in [4.69, 9.17) is 10.5 Å². The number of hydrogen-bond acceptors (Lipinski definition) is 6. The molecule has 2 N–H and O–H groups in total. The molecule has 7 heteroatoms. The van der Waals surface area contributed by atoms with Gasteiger partial charge in [-0.3, -0.25) is 10.1 Å². The number of ether oxygens (including phenoxy) is 1. The Morgan fingerprint density at radius 1 is 1.30 bits per heavy atom. The molecule has 0 atom stereocenters. The standard InChI is InChI=1S/C13H14N4O3/c1-7-6-9(20-3)4-5-10(7)11-12(17(18)19)8(2)15-13(14)16-11/h4-6H,1-3H3,(H2,14,15,16). The van der Waals surface area contributed by atoms with E-state index >= 15 is 0 Å². The summed E-state index contributed by atoms with van der Waals surface area (Å²) >= 11 is 0. The molecule has 1 aromatic heterocycles. The molecule has 0 unspecified atom stereocenters. The Balaban J connectivity index is 2.72. The second-order valence-electron chi connectivity index (χ2n) is 4.30. The molecule has 20 heavy (non-hydrogen) atoms. The second kappa shape index (κ2) is 5.12. The first-order valence-corrected chi connectivity index (χ1v) is 5.87. The van der Waals surface area contributed by atoms with E-state index in [0.717, 1.165) is 5.56 Å². The van der Waals surface area contributed by atoms with Gasteiger partial charge in [0.2, 0.25) is 5.95 Å². The fourth-order valence-corrected chi connectivity index (χ4v) is 2.02. The van der Waals surface area contributed by atoms with E-state index in [2.05, 4.69) is 9.97 Å². The van der Waals surface area contributed by atoms with Crippen LogP contribution in [0.1, 0.15) is 11.3 Å². The zero-order valence-corrected chi connectivity index (χ0v) is 11.4. The third kappa shape index (κ3) is 2.37. The van der Waals surface area contributed by atoms with Crippen molar-refractivity contribution in [3.05, 3.63) is 39.6 Å². The third-order valence-electron chi connectivity index (χ3n) is 2.95. The SMILES string of the molecule is COc1ccc(-c2nc(N)nc(C)c2[N+](=O)[O-])c(C)c1. The van der Waals surface area contributed by atoms with Gasteiger partial charge in [0.1, 0.15) is 11.4 Å². The first-order chi connectivity index (χ1) is 9.43. The summed E-state index contributed by atoms with van der Waals surface area (Å²) in [7, 11) is 1.56. The predicted octanol–water partition coefficient (Wildman–Crippen LogP) is 2.26. The van der Waals surface area contributed by atoms with Crippen LogP contribution in [0.2, 0.25) is 0 Å². The van der Waals surface area contributed by atoms with E-state index in [-0.39, 0.29) is 23.0 Å². The maximum absolute atomic E-state index is 11.2. The van der Waals surface area contributed by atoms with Crippen molar-refractivity contribution in [2.75, 3.05) is 12.8 Å². The summed E-state index contributed by atoms with van der Waals surface area (Å²) in [6.45, 7) is 3.37. The summed E-state index contributed by atoms with van der Waals surface area (Å²) in [6, 6.07) is 5.23. The quantitative estimate of drug-likeness (QED) is 0.680. The fraction of sp³-hybridized carbons (Fsp3) is 0.231. The van der Waals surface area contributed by atoms with Gasteiger partial charge >= 0.3 is 5.69 Å². The van der Waals surface area contributed by atoms with E-state index in [9.17, 15) is 10.1 Å². The Bertz CT molecular complexity index is 686. The summed E-state index contributed by atoms with van der Waals surface area (Å²) in [5.41, 5.74) is 7.38. The van der Waals surface area contributed by atoms with Crippen LogP contribution in [0.3, 0.4) is 0 Å². The van der Waals surface area contributed by atoms with Crippen LogP contribution in [-0.2, 0) is 0 Å². The number of aryl methyl sites for hydroxylation is 2. The number of aromatic nitrogens is 2. The molecule has 0 aliphatic carbocycles. The number of nitrogen functional groups attached to an aromatic ring is 1. The topological polar surface area (TPSA) is 104 Å². The molecule has 2 rings (SSSR count). The highest BCUT2D eigenvalue weighted by Crippen LogP contribution is 2.33. The molecule has 0 saturated carbocycles. The van der Waals surface area contributed by atoms with Crippen LogP contribution in [0, 0.1) is 24.0 Å². The van der Waals surface area contributed by atoms with Gasteiger partial charge in [-0.25, -0.2) is 9.97 Å². The summed E-state index contributed by atoms with van der Waals surface area (Å²) in [4.78, 5) is 18.6. The maximum Gasteiger partial charge on any atom is 0.316 e. The van der Waals surface area contributed by atoms with Crippen molar-refractivity contribution < 1.29 is 9.66 Å². The molecule has 1 aromatic carbocycles. The smallest absolute Gasteiger partial charge is 0.316 e. The van der Waals surface area contributed by atoms with Gasteiger partial charge in [0, 0.05) is 5.56 Å². The van der Waals surface area contributed by atoms with Gasteiger partial charge in [-0.15, -0.1) is 0 Å². The normalized spacial score (nSPS) is 10.3. The minimum atomic E-state index is -0.492. The van der Waals surface area contributed by atoms with Gasteiger partial charge in [-0.1, -0.05) is 0 Å². The number of methoxy groups -OCH3 is 1. The minimum Gasteiger partial charge on any atom is -0.497 e. The van der Waals surface area contributed by atoms with E-state index in [1.54, 1.807) is 32.2 Å². The van der Waals surface area contributed by atoms with Crippen molar-refractivity contribution in [3.8, 4) is 17.0 Å². The molecule has 0 aliphatic rings. The van der Waals surface area contributed by atoms with E-state index in [1.807, 2.05) is 6.92 Å². The largest absolute Gasteiger partial charge is 0.497 e. The molecule has 2 aromatic rings. The van der Waals surface area contributed by atoms with Crippen molar-refractivity contribution in [1.82, 2.24) is 9.97 Å². The van der Waals surface area contributed by atoms with Gasteiger partial charge in [0.25, 0.3) is 0 Å². The highest BCUT2D eigenvalue weighted by Gasteiger charge is 2.23. The summed E-state index contributed by atoms with van der Waals surface area (Å²) in [5.74, 6) is 0.686. The Hall–Kier alpha value is -2.70. The van der Waals surface area contributed by atoms with Crippen LogP contribution in [0.5, 0.6) is 5.75 Å². The number of rotatable bonds is 3. The molecule has 0 amide bonds. The van der Waals surface area contributed by atoms with Gasteiger partial charge in [0.05, 0.1) is 12.0 Å². The predicted molar refractivity (Wildman–Crippen MR) is 74.6 cm³/mol. The maximum atomic E-state index is 11.2. The molecule has 1 heterocycles. The molecule has 0 saturated heterocycles. The average Bonchev–Trinajstić information content (AvgIpc) is 2.36. The van der Waals surface area contributed by atoms with Crippen LogP contribution in [-0.4, -0.2) is 22.0 Å². The first-order valence-electron chi connectivity index (χ1n) is 5.87. The summed E-state index contributed by atoms with van der Waals surface area (Å²) < 4.78 is 5.12. The number of nitrogens with zero attached hydrogens (tertiary/aromatic N) is 3. The highest BCUT2D eigenvalue weighted by molar-refractivity contribution is 5.74. The fourth-order valence-electron chi connectivity index (χ4n) is 2.02. The number of anilines is 1. The van der Waals surface area contributed by atoms with Crippen molar-refractivity contribution in [2.45, 2.75) is 13.8 Å². The second-order valence-corrected chi connectivity index (χ2v) is 4.30. The van der Waals surface area contributed by atoms with Gasteiger partial charge in [-0.2, -0.15) is 0 Å². The number of nitrogens with two attached hydrogens (primary N) is 1. The van der Waals surface area contributed by atoms with Crippen LogP contribution in [0.15, 0.2) is 18.2 Å². The molecule has 0 aliphatic heterocycles. The zero-order chi connectivity index (χ0) is 14.9. The van der Waals surface area contributed by atoms with Gasteiger partial charge in [-0.05, 0) is 37.6 Å². The zero-order valence-electron chi connectivity index (χ0n) is 11.4. The van der Waals surface area contributed by atoms with Gasteiger partial charge in [0.15, 0.2) is 5.69 Å². The number of nitro groups is 1. The van der Waals surface area contributed by atoms with Crippen LogP contribution >= 0.6 is 0 Å². The van der Waals surface area contributed by atoms with Crippen LogP contribution < -0.4 is 10.5 Å². The molecule has 104 valence electrons. The Kier molecular flexibility index (Phi) is 3.51. The number of hydrogen-bond donors (Lipinski definition) is 1. The lowest BCUT2D eigenvalue weighted by Gasteiger charge is -2.09. The Labute approximate surface area is 115 Å². The molecule has 0 radical (unpaired) electrons. The molecule has 7 nitrogen and oxygen atoms in total. The molecule has 0 spiro atoms.